The molecule has 1 aromatic carbocycles. The summed E-state index contributed by atoms with van der Waals surface area (Å²) in [4.78, 5) is 14.6. The summed E-state index contributed by atoms with van der Waals surface area (Å²) < 4.78 is 4.88. The van der Waals surface area contributed by atoms with E-state index in [9.17, 15) is 15.2 Å². The van der Waals surface area contributed by atoms with E-state index in [-0.39, 0.29) is 12.3 Å². The number of pyridine rings is 1. The van der Waals surface area contributed by atoms with Gasteiger partial charge < -0.3 is 9.84 Å². The molecule has 100 valence electrons. The summed E-state index contributed by atoms with van der Waals surface area (Å²) in [5.74, 6) is 0. The monoisotopic (exact) mass is 262 g/mol. The highest BCUT2D eigenvalue weighted by Crippen LogP contribution is 2.27. The van der Waals surface area contributed by atoms with Crippen LogP contribution in [0.4, 0.5) is 5.69 Å². The highest BCUT2D eigenvalue weighted by molar-refractivity contribution is 5.89. The minimum Gasteiger partial charge on any atom is -0.390 e. The molecule has 1 atom stereocenters. The Morgan fingerprint density at radius 1 is 1.47 bits per heavy atom. The van der Waals surface area contributed by atoms with Crippen molar-refractivity contribution in [2.75, 3.05) is 13.7 Å². The topological polar surface area (TPSA) is 85.5 Å². The largest absolute Gasteiger partial charge is 0.390 e. The molecule has 0 aliphatic carbocycles. The van der Waals surface area contributed by atoms with E-state index in [1.165, 1.54) is 19.4 Å². The minimum atomic E-state index is -0.644. The fourth-order valence-corrected chi connectivity index (χ4v) is 2.05. The number of nitro groups is 1. The Bertz CT molecular complexity index is 600. The van der Waals surface area contributed by atoms with Crippen LogP contribution in [0.15, 0.2) is 30.5 Å². The second-order valence-electron chi connectivity index (χ2n) is 4.21. The number of fused-ring (bicyclic) bond motifs is 1. The van der Waals surface area contributed by atoms with E-state index in [1.54, 1.807) is 18.2 Å². The lowest BCUT2D eigenvalue weighted by Gasteiger charge is -2.11. The van der Waals surface area contributed by atoms with Gasteiger partial charge in [-0.1, -0.05) is 12.1 Å². The zero-order valence-corrected chi connectivity index (χ0v) is 10.4. The molecular formula is C13H14N2O4. The Kier molecular flexibility index (Phi) is 4.03. The standard InChI is InChI=1S/C13H14N2O4/c1-19-8-10(16)7-9-4-5-12(15(17)18)13-11(9)3-2-6-14-13/h2-6,10,16H,7-8H2,1H3. The summed E-state index contributed by atoms with van der Waals surface area (Å²) in [5, 5.41) is 21.4. The SMILES string of the molecule is COCC(O)Cc1ccc([N+](=O)[O-])c2ncccc12. The second kappa shape index (κ2) is 5.73. The number of nitrogens with zero attached hydrogens (tertiary/aromatic N) is 2. The molecule has 0 bridgehead atoms. The van der Waals surface area contributed by atoms with Crippen molar-refractivity contribution in [1.82, 2.24) is 4.98 Å². The van der Waals surface area contributed by atoms with Crippen LogP contribution in [0.1, 0.15) is 5.56 Å². The average molecular weight is 262 g/mol. The van der Waals surface area contributed by atoms with Crippen LogP contribution in [0, 0.1) is 10.1 Å². The van der Waals surface area contributed by atoms with Gasteiger partial charge in [-0.2, -0.15) is 0 Å². The summed E-state index contributed by atoms with van der Waals surface area (Å²) in [5.41, 5.74) is 1.13. The maximum absolute atomic E-state index is 10.9. The lowest BCUT2D eigenvalue weighted by molar-refractivity contribution is -0.383. The van der Waals surface area contributed by atoms with E-state index in [2.05, 4.69) is 4.98 Å². The number of benzene rings is 1. The number of aromatic nitrogens is 1. The van der Waals surface area contributed by atoms with Gasteiger partial charge in [0.2, 0.25) is 0 Å². The van der Waals surface area contributed by atoms with Crippen LogP contribution in [-0.4, -0.2) is 34.8 Å². The van der Waals surface area contributed by atoms with E-state index in [0.29, 0.717) is 17.3 Å². The lowest BCUT2D eigenvalue weighted by atomic mass is 10.0. The van der Waals surface area contributed by atoms with Crippen molar-refractivity contribution in [2.24, 2.45) is 0 Å². The Labute approximate surface area is 109 Å². The molecule has 2 rings (SSSR count). The number of hydrogen-bond donors (Lipinski definition) is 1. The van der Waals surface area contributed by atoms with Gasteiger partial charge in [0.25, 0.3) is 5.69 Å². The molecule has 0 saturated carbocycles. The highest BCUT2D eigenvalue weighted by atomic mass is 16.6. The fraction of sp³-hybridized carbons (Fsp3) is 0.308. The second-order valence-corrected chi connectivity index (χ2v) is 4.21. The van der Waals surface area contributed by atoms with Gasteiger partial charge in [0.15, 0.2) is 0 Å². The first kappa shape index (κ1) is 13.4. The van der Waals surface area contributed by atoms with Crippen molar-refractivity contribution in [3.05, 3.63) is 46.1 Å². The number of rotatable bonds is 5. The molecule has 2 aromatic rings. The number of non-ortho nitro benzene ring substituents is 1. The third-order valence-corrected chi connectivity index (χ3v) is 2.85. The zero-order chi connectivity index (χ0) is 13.8. The maximum Gasteiger partial charge on any atom is 0.295 e. The molecule has 1 heterocycles. The normalized spacial score (nSPS) is 12.5. The predicted octanol–water partition coefficient (Wildman–Crippen LogP) is 1.69. The van der Waals surface area contributed by atoms with Crippen molar-refractivity contribution in [3.63, 3.8) is 0 Å². The fourth-order valence-electron chi connectivity index (χ4n) is 2.05. The molecule has 0 fully saturated rings. The van der Waals surface area contributed by atoms with Crippen LogP contribution in [0.25, 0.3) is 10.9 Å². The van der Waals surface area contributed by atoms with E-state index in [4.69, 9.17) is 4.74 Å². The number of nitro benzene ring substituents is 1. The molecule has 0 aliphatic rings. The third-order valence-electron chi connectivity index (χ3n) is 2.85. The van der Waals surface area contributed by atoms with Gasteiger partial charge >= 0.3 is 0 Å². The van der Waals surface area contributed by atoms with Gasteiger partial charge in [0, 0.05) is 31.2 Å². The Morgan fingerprint density at radius 3 is 2.95 bits per heavy atom. The Morgan fingerprint density at radius 2 is 2.26 bits per heavy atom. The Balaban J connectivity index is 2.46. The number of ether oxygens (including phenoxy) is 1. The number of hydrogen-bond acceptors (Lipinski definition) is 5. The molecule has 1 aromatic heterocycles. The van der Waals surface area contributed by atoms with Crippen LogP contribution in [0.5, 0.6) is 0 Å². The molecule has 6 heteroatoms. The van der Waals surface area contributed by atoms with Gasteiger partial charge in [-0.25, -0.2) is 4.98 Å². The number of aliphatic hydroxyl groups excluding tert-OH is 1. The first-order valence-corrected chi connectivity index (χ1v) is 5.81. The quantitative estimate of drug-likeness (QED) is 0.654. The van der Waals surface area contributed by atoms with E-state index < -0.39 is 11.0 Å². The first-order chi connectivity index (χ1) is 9.13. The average Bonchev–Trinajstić information content (AvgIpc) is 2.39. The minimum absolute atomic E-state index is 0.0272. The lowest BCUT2D eigenvalue weighted by Crippen LogP contribution is -2.17. The number of methoxy groups -OCH3 is 1. The zero-order valence-electron chi connectivity index (χ0n) is 10.4. The van der Waals surface area contributed by atoms with Gasteiger partial charge in [0.05, 0.1) is 17.6 Å². The smallest absolute Gasteiger partial charge is 0.295 e. The molecule has 0 saturated heterocycles. The molecule has 0 radical (unpaired) electrons. The van der Waals surface area contributed by atoms with E-state index >= 15 is 0 Å². The summed E-state index contributed by atoms with van der Waals surface area (Å²) in [6.45, 7) is 0.221. The molecule has 0 spiro atoms. The first-order valence-electron chi connectivity index (χ1n) is 5.81. The van der Waals surface area contributed by atoms with Crippen LogP contribution >= 0.6 is 0 Å². The number of aliphatic hydroxyl groups is 1. The van der Waals surface area contributed by atoms with Crippen molar-refractivity contribution >= 4 is 16.6 Å². The van der Waals surface area contributed by atoms with Gasteiger partial charge in [-0.15, -0.1) is 0 Å². The molecule has 0 amide bonds. The summed E-state index contributed by atoms with van der Waals surface area (Å²) in [7, 11) is 1.51. The van der Waals surface area contributed by atoms with Crippen molar-refractivity contribution in [2.45, 2.75) is 12.5 Å². The van der Waals surface area contributed by atoms with Crippen LogP contribution in [-0.2, 0) is 11.2 Å². The molecule has 0 aliphatic heterocycles. The molecule has 6 nitrogen and oxygen atoms in total. The van der Waals surface area contributed by atoms with Gasteiger partial charge in [-0.3, -0.25) is 10.1 Å². The molecular weight excluding hydrogens is 248 g/mol. The van der Waals surface area contributed by atoms with E-state index in [1.807, 2.05) is 0 Å². The summed E-state index contributed by atoms with van der Waals surface area (Å²) in [6, 6.07) is 6.56. The Hall–Kier alpha value is -2.05. The van der Waals surface area contributed by atoms with Crippen molar-refractivity contribution in [1.29, 1.82) is 0 Å². The van der Waals surface area contributed by atoms with Crippen molar-refractivity contribution in [3.8, 4) is 0 Å². The maximum atomic E-state index is 10.9. The highest BCUT2D eigenvalue weighted by Gasteiger charge is 2.16. The third kappa shape index (κ3) is 2.86. The summed E-state index contributed by atoms with van der Waals surface area (Å²) >= 11 is 0. The van der Waals surface area contributed by atoms with E-state index in [0.717, 1.165) is 5.56 Å². The molecule has 1 N–H and O–H groups in total. The van der Waals surface area contributed by atoms with Gasteiger partial charge in [-0.05, 0) is 11.6 Å². The molecule has 1 unspecified atom stereocenters. The summed E-state index contributed by atoms with van der Waals surface area (Å²) in [6.07, 6.45) is 1.24. The van der Waals surface area contributed by atoms with Crippen LogP contribution in [0.2, 0.25) is 0 Å². The van der Waals surface area contributed by atoms with Crippen LogP contribution in [0.3, 0.4) is 0 Å². The predicted molar refractivity (Wildman–Crippen MR) is 70.0 cm³/mol. The molecule has 19 heavy (non-hydrogen) atoms. The van der Waals surface area contributed by atoms with Crippen molar-refractivity contribution < 1.29 is 14.8 Å². The van der Waals surface area contributed by atoms with Crippen LogP contribution < -0.4 is 0 Å². The van der Waals surface area contributed by atoms with Gasteiger partial charge in [0.1, 0.15) is 5.52 Å².